The number of thioether (sulfide) groups is 1. The largest absolute Gasteiger partial charge is 0.328 e. The third-order valence-electron chi connectivity index (χ3n) is 2.66. The standard InChI is InChI=1S/C10H12N2O3S/c1-6(13)8-4-11-10(15)12(9(8)14)7-2-3-16-5-7/h4,7H,2-3,5H2,1H3,(H,11,15). The molecule has 1 aromatic rings. The van der Waals surface area contributed by atoms with E-state index in [1.54, 1.807) is 11.8 Å². The van der Waals surface area contributed by atoms with Crippen molar-refractivity contribution in [1.82, 2.24) is 9.55 Å². The minimum Gasteiger partial charge on any atom is -0.313 e. The van der Waals surface area contributed by atoms with Crippen LogP contribution in [0, 0.1) is 0 Å². The van der Waals surface area contributed by atoms with Gasteiger partial charge in [0, 0.05) is 11.9 Å². The zero-order valence-corrected chi connectivity index (χ0v) is 9.67. The molecule has 2 rings (SSSR count). The molecule has 1 aliphatic heterocycles. The van der Waals surface area contributed by atoms with E-state index >= 15 is 0 Å². The molecule has 2 heterocycles. The average molecular weight is 240 g/mol. The van der Waals surface area contributed by atoms with Crippen molar-refractivity contribution < 1.29 is 4.79 Å². The van der Waals surface area contributed by atoms with E-state index in [4.69, 9.17) is 0 Å². The summed E-state index contributed by atoms with van der Waals surface area (Å²) >= 11 is 1.71. The summed E-state index contributed by atoms with van der Waals surface area (Å²) in [7, 11) is 0. The maximum atomic E-state index is 11.9. The van der Waals surface area contributed by atoms with Gasteiger partial charge in [-0.3, -0.25) is 14.2 Å². The van der Waals surface area contributed by atoms with Crippen molar-refractivity contribution in [2.24, 2.45) is 0 Å². The van der Waals surface area contributed by atoms with Gasteiger partial charge in [-0.2, -0.15) is 11.8 Å². The second kappa shape index (κ2) is 4.29. The topological polar surface area (TPSA) is 71.9 Å². The Kier molecular flexibility index (Phi) is 3.00. The molecule has 86 valence electrons. The Morgan fingerprint density at radius 1 is 1.56 bits per heavy atom. The lowest BCUT2D eigenvalue weighted by Crippen LogP contribution is -2.40. The summed E-state index contributed by atoms with van der Waals surface area (Å²) in [6, 6.07) is -0.0828. The van der Waals surface area contributed by atoms with Gasteiger partial charge in [0.15, 0.2) is 5.78 Å². The number of carbonyl (C=O) groups is 1. The second-order valence-electron chi connectivity index (χ2n) is 3.76. The van der Waals surface area contributed by atoms with Crippen LogP contribution in [0.4, 0.5) is 0 Å². The molecule has 16 heavy (non-hydrogen) atoms. The first-order valence-electron chi connectivity index (χ1n) is 5.04. The fourth-order valence-corrected chi connectivity index (χ4v) is 2.99. The first kappa shape index (κ1) is 11.2. The molecule has 1 unspecified atom stereocenters. The Labute approximate surface area is 95.9 Å². The number of nitrogens with zero attached hydrogens (tertiary/aromatic N) is 1. The lowest BCUT2D eigenvalue weighted by molar-refractivity contribution is 0.101. The molecular weight excluding hydrogens is 228 g/mol. The predicted molar refractivity (Wildman–Crippen MR) is 62.3 cm³/mol. The fourth-order valence-electron chi connectivity index (χ4n) is 1.80. The van der Waals surface area contributed by atoms with Crippen molar-refractivity contribution in [2.75, 3.05) is 11.5 Å². The van der Waals surface area contributed by atoms with Crippen LogP contribution in [0.3, 0.4) is 0 Å². The van der Waals surface area contributed by atoms with Gasteiger partial charge in [0.05, 0.1) is 11.6 Å². The van der Waals surface area contributed by atoms with Gasteiger partial charge in [0.25, 0.3) is 5.56 Å². The molecule has 1 saturated heterocycles. The van der Waals surface area contributed by atoms with E-state index in [9.17, 15) is 14.4 Å². The molecule has 1 aromatic heterocycles. The Bertz CT molecular complexity index is 526. The van der Waals surface area contributed by atoms with Crippen LogP contribution in [0.2, 0.25) is 0 Å². The average Bonchev–Trinajstić information content (AvgIpc) is 2.70. The van der Waals surface area contributed by atoms with Gasteiger partial charge >= 0.3 is 5.69 Å². The summed E-state index contributed by atoms with van der Waals surface area (Å²) in [4.78, 5) is 37.2. The highest BCUT2D eigenvalue weighted by atomic mass is 32.2. The summed E-state index contributed by atoms with van der Waals surface area (Å²) in [5, 5.41) is 0. The Balaban J connectivity index is 2.59. The van der Waals surface area contributed by atoms with Crippen LogP contribution in [0.1, 0.15) is 29.7 Å². The molecule has 0 spiro atoms. The minimum atomic E-state index is -0.469. The molecule has 0 aromatic carbocycles. The first-order valence-corrected chi connectivity index (χ1v) is 6.19. The number of ketones is 1. The molecule has 0 saturated carbocycles. The molecule has 0 bridgehead atoms. The third kappa shape index (κ3) is 1.84. The third-order valence-corrected chi connectivity index (χ3v) is 3.80. The van der Waals surface area contributed by atoms with Crippen molar-refractivity contribution in [2.45, 2.75) is 19.4 Å². The summed E-state index contributed by atoms with van der Waals surface area (Å²) in [6.07, 6.45) is 2.00. The van der Waals surface area contributed by atoms with Gasteiger partial charge < -0.3 is 4.98 Å². The number of aromatic amines is 1. The number of hydrogen-bond acceptors (Lipinski definition) is 4. The number of H-pyrrole nitrogens is 1. The quantitative estimate of drug-likeness (QED) is 0.760. The number of rotatable bonds is 2. The lowest BCUT2D eigenvalue weighted by atomic mass is 10.2. The van der Waals surface area contributed by atoms with Gasteiger partial charge in [-0.1, -0.05) is 0 Å². The van der Waals surface area contributed by atoms with Gasteiger partial charge in [-0.25, -0.2) is 4.79 Å². The van der Waals surface area contributed by atoms with Crippen LogP contribution in [-0.4, -0.2) is 26.8 Å². The number of hydrogen-bond donors (Lipinski definition) is 1. The lowest BCUT2D eigenvalue weighted by Gasteiger charge is -2.11. The zero-order valence-electron chi connectivity index (χ0n) is 8.86. The molecule has 1 fully saturated rings. The van der Waals surface area contributed by atoms with E-state index in [1.165, 1.54) is 17.7 Å². The smallest absolute Gasteiger partial charge is 0.313 e. The van der Waals surface area contributed by atoms with Gasteiger partial charge in [-0.15, -0.1) is 0 Å². The van der Waals surface area contributed by atoms with Crippen LogP contribution in [0.5, 0.6) is 0 Å². The van der Waals surface area contributed by atoms with Gasteiger partial charge in [0.2, 0.25) is 0 Å². The molecule has 1 atom stereocenters. The van der Waals surface area contributed by atoms with Crippen molar-refractivity contribution >= 4 is 17.5 Å². The fraction of sp³-hybridized carbons (Fsp3) is 0.500. The maximum Gasteiger partial charge on any atom is 0.328 e. The summed E-state index contributed by atoms with van der Waals surface area (Å²) in [6.45, 7) is 1.32. The predicted octanol–water partition coefficient (Wildman–Crippen LogP) is 0.417. The summed E-state index contributed by atoms with van der Waals surface area (Å²) < 4.78 is 1.18. The van der Waals surface area contributed by atoms with Gasteiger partial charge in [-0.05, 0) is 19.1 Å². The van der Waals surface area contributed by atoms with E-state index in [-0.39, 0.29) is 17.4 Å². The minimum absolute atomic E-state index is 0.0523. The molecule has 6 heteroatoms. The highest BCUT2D eigenvalue weighted by Crippen LogP contribution is 2.25. The SMILES string of the molecule is CC(=O)c1c[nH]c(=O)n(C2CCSC2)c1=O. The second-order valence-corrected chi connectivity index (χ2v) is 4.91. The number of nitrogens with one attached hydrogen (secondary N) is 1. The van der Waals surface area contributed by atoms with Crippen LogP contribution >= 0.6 is 11.8 Å². The molecule has 0 radical (unpaired) electrons. The van der Waals surface area contributed by atoms with Crippen molar-refractivity contribution in [1.29, 1.82) is 0 Å². The number of Topliss-reactive ketones (excluding diaryl/α,β-unsaturated/α-hetero) is 1. The number of aromatic nitrogens is 2. The van der Waals surface area contributed by atoms with Crippen LogP contribution in [-0.2, 0) is 0 Å². The zero-order chi connectivity index (χ0) is 11.7. The van der Waals surface area contributed by atoms with Crippen molar-refractivity contribution in [3.05, 3.63) is 32.6 Å². The highest BCUT2D eigenvalue weighted by molar-refractivity contribution is 7.99. The van der Waals surface area contributed by atoms with E-state index in [2.05, 4.69) is 4.98 Å². The maximum absolute atomic E-state index is 11.9. The first-order chi connectivity index (χ1) is 7.61. The molecule has 1 aliphatic rings. The molecule has 5 nitrogen and oxygen atoms in total. The Morgan fingerprint density at radius 2 is 2.31 bits per heavy atom. The van der Waals surface area contributed by atoms with Crippen LogP contribution < -0.4 is 11.2 Å². The Hall–Kier alpha value is -1.30. The van der Waals surface area contributed by atoms with Crippen molar-refractivity contribution in [3.63, 3.8) is 0 Å². The van der Waals surface area contributed by atoms with E-state index in [1.807, 2.05) is 0 Å². The summed E-state index contributed by atoms with van der Waals surface area (Å²) in [5.41, 5.74) is -0.845. The molecule has 1 N–H and O–H groups in total. The monoisotopic (exact) mass is 240 g/mol. The molecule has 0 amide bonds. The van der Waals surface area contributed by atoms with Crippen LogP contribution in [0.25, 0.3) is 0 Å². The van der Waals surface area contributed by atoms with Gasteiger partial charge in [0.1, 0.15) is 0 Å². The van der Waals surface area contributed by atoms with Crippen LogP contribution in [0.15, 0.2) is 15.8 Å². The van der Waals surface area contributed by atoms with E-state index in [0.29, 0.717) is 0 Å². The normalized spacial score (nSPS) is 19.9. The molecule has 0 aliphatic carbocycles. The number of carbonyl (C=O) groups excluding carboxylic acids is 1. The van der Waals surface area contributed by atoms with Crippen molar-refractivity contribution in [3.8, 4) is 0 Å². The molecular formula is C10H12N2O3S. The van der Waals surface area contributed by atoms with E-state index < -0.39 is 11.2 Å². The summed E-state index contributed by atoms with van der Waals surface area (Å²) in [5.74, 6) is 1.38. The highest BCUT2D eigenvalue weighted by Gasteiger charge is 2.22. The van der Waals surface area contributed by atoms with E-state index in [0.717, 1.165) is 17.9 Å². The Morgan fingerprint density at radius 3 is 2.88 bits per heavy atom.